The fourth-order valence-electron chi connectivity index (χ4n) is 3.40. The predicted octanol–water partition coefficient (Wildman–Crippen LogP) is 0.0288. The summed E-state index contributed by atoms with van der Waals surface area (Å²) < 4.78 is 7.19. The van der Waals surface area contributed by atoms with Gasteiger partial charge < -0.3 is 24.6 Å². The molecule has 0 spiro atoms. The number of ether oxygens (including phenoxy) is 1. The largest absolute Gasteiger partial charge is 0.394 e. The van der Waals surface area contributed by atoms with E-state index in [4.69, 9.17) is 4.74 Å². The number of aliphatic hydroxyl groups excluding tert-OH is 2. The van der Waals surface area contributed by atoms with Crippen LogP contribution in [0.5, 0.6) is 0 Å². The first-order chi connectivity index (χ1) is 14.0. The molecular weight excluding hydrogens is 378 g/mol. The first-order valence-corrected chi connectivity index (χ1v) is 8.82. The van der Waals surface area contributed by atoms with Crippen molar-refractivity contribution in [3.8, 4) is 11.8 Å². The zero-order valence-corrected chi connectivity index (χ0v) is 15.4. The molecule has 0 unspecified atom stereocenters. The van der Waals surface area contributed by atoms with E-state index in [0.29, 0.717) is 22.3 Å². The van der Waals surface area contributed by atoms with Crippen LogP contribution < -0.4 is 5.48 Å². The van der Waals surface area contributed by atoms with E-state index < -0.39 is 30.6 Å². The molecule has 0 radical (unpaired) electrons. The highest BCUT2D eigenvalue weighted by molar-refractivity contribution is 5.93. The van der Waals surface area contributed by atoms with Crippen LogP contribution >= 0.6 is 0 Å². The van der Waals surface area contributed by atoms with E-state index in [9.17, 15) is 20.5 Å². The first kappa shape index (κ1) is 19.3. The number of fused-ring (bicyclic) bond motifs is 1. The summed E-state index contributed by atoms with van der Waals surface area (Å²) in [6.07, 6.45) is 1.11. The van der Waals surface area contributed by atoms with Gasteiger partial charge in [-0.3, -0.25) is 10.7 Å². The van der Waals surface area contributed by atoms with E-state index in [1.165, 1.54) is 17.8 Å². The Labute approximate surface area is 165 Å². The summed E-state index contributed by atoms with van der Waals surface area (Å²) >= 11 is 0. The quantitative estimate of drug-likeness (QED) is 0.305. The van der Waals surface area contributed by atoms with Gasteiger partial charge in [0.2, 0.25) is 0 Å². The van der Waals surface area contributed by atoms with Gasteiger partial charge in [-0.05, 0) is 25.0 Å². The number of pyridine rings is 1. The summed E-state index contributed by atoms with van der Waals surface area (Å²) in [5.41, 5.74) is 1.63. The molecule has 4 rings (SSSR count). The lowest BCUT2D eigenvalue weighted by Crippen LogP contribution is -2.44. The minimum absolute atomic E-state index is 0.121. The fourth-order valence-corrected chi connectivity index (χ4v) is 3.40. The topological polar surface area (TPSA) is 146 Å². The van der Waals surface area contributed by atoms with Crippen molar-refractivity contribution in [2.24, 2.45) is 0 Å². The highest BCUT2D eigenvalue weighted by Gasteiger charge is 2.53. The molecule has 1 aliphatic rings. The molecule has 3 aromatic rings. The van der Waals surface area contributed by atoms with Crippen molar-refractivity contribution in [2.75, 3.05) is 12.1 Å². The minimum Gasteiger partial charge on any atom is -0.394 e. The number of aliphatic hydroxyl groups is 3. The maximum absolute atomic E-state index is 10.8. The second-order valence-electron chi connectivity index (χ2n) is 6.83. The van der Waals surface area contributed by atoms with Crippen molar-refractivity contribution in [3.63, 3.8) is 0 Å². The summed E-state index contributed by atoms with van der Waals surface area (Å²) in [5.74, 6) is 6.02. The third kappa shape index (κ3) is 3.21. The van der Waals surface area contributed by atoms with Gasteiger partial charge in [-0.2, -0.15) is 0 Å². The van der Waals surface area contributed by atoms with Crippen molar-refractivity contribution in [1.82, 2.24) is 19.5 Å². The van der Waals surface area contributed by atoms with E-state index >= 15 is 0 Å². The van der Waals surface area contributed by atoms with Crippen LogP contribution in [0, 0.1) is 11.8 Å². The van der Waals surface area contributed by atoms with E-state index in [1.807, 2.05) is 11.5 Å². The maximum atomic E-state index is 10.8. The summed E-state index contributed by atoms with van der Waals surface area (Å²) in [7, 11) is 0. The summed E-state index contributed by atoms with van der Waals surface area (Å²) in [4.78, 5) is 12.4. The SMILES string of the molecule is C[C@@]1(O)[C@H](O)[C@@H](CO)O[C@H]1n1cc(C#Cc2ccccn2)c2c(NO)ncnc21. The molecule has 10 nitrogen and oxygen atoms in total. The zero-order chi connectivity index (χ0) is 20.6. The summed E-state index contributed by atoms with van der Waals surface area (Å²) in [5, 5.41) is 40.5. The molecule has 1 aliphatic heterocycles. The van der Waals surface area contributed by atoms with Crippen molar-refractivity contribution >= 4 is 16.9 Å². The third-order valence-corrected chi connectivity index (χ3v) is 4.89. The van der Waals surface area contributed by atoms with Crippen molar-refractivity contribution < 1.29 is 25.3 Å². The molecule has 150 valence electrons. The predicted molar refractivity (Wildman–Crippen MR) is 101 cm³/mol. The van der Waals surface area contributed by atoms with Gasteiger partial charge in [-0.1, -0.05) is 12.0 Å². The lowest BCUT2D eigenvalue weighted by atomic mass is 9.96. The molecule has 0 aromatic carbocycles. The number of rotatable bonds is 3. The van der Waals surface area contributed by atoms with Crippen LogP contribution in [-0.4, -0.2) is 64.5 Å². The molecule has 5 N–H and O–H groups in total. The number of hydrogen-bond donors (Lipinski definition) is 5. The number of nitrogens with zero attached hydrogens (tertiary/aromatic N) is 4. The average molecular weight is 397 g/mol. The van der Waals surface area contributed by atoms with Crippen LogP contribution in [0.25, 0.3) is 11.0 Å². The Hall–Kier alpha value is -3.07. The van der Waals surface area contributed by atoms with Crippen LogP contribution in [0.1, 0.15) is 24.4 Å². The Morgan fingerprint density at radius 1 is 1.28 bits per heavy atom. The Balaban J connectivity index is 1.88. The van der Waals surface area contributed by atoms with E-state index in [1.54, 1.807) is 24.5 Å². The normalized spacial score (nSPS) is 26.3. The van der Waals surface area contributed by atoms with Crippen LogP contribution in [-0.2, 0) is 4.74 Å². The summed E-state index contributed by atoms with van der Waals surface area (Å²) in [6.45, 7) is 0.952. The molecule has 0 saturated carbocycles. The lowest BCUT2D eigenvalue weighted by Gasteiger charge is -2.27. The maximum Gasteiger partial charge on any atom is 0.167 e. The highest BCUT2D eigenvalue weighted by atomic mass is 16.6. The van der Waals surface area contributed by atoms with Crippen molar-refractivity contribution in [2.45, 2.75) is 31.0 Å². The first-order valence-electron chi connectivity index (χ1n) is 8.82. The van der Waals surface area contributed by atoms with E-state index in [0.717, 1.165) is 0 Å². The molecule has 0 amide bonds. The van der Waals surface area contributed by atoms with Crippen LogP contribution in [0.4, 0.5) is 5.82 Å². The Morgan fingerprint density at radius 2 is 2.10 bits per heavy atom. The average Bonchev–Trinajstić information content (AvgIpc) is 3.21. The molecule has 0 bridgehead atoms. The summed E-state index contributed by atoms with van der Waals surface area (Å²) in [6, 6.07) is 5.34. The minimum atomic E-state index is -1.71. The van der Waals surface area contributed by atoms with Gasteiger partial charge in [0.05, 0.1) is 17.6 Å². The van der Waals surface area contributed by atoms with Gasteiger partial charge in [0.25, 0.3) is 0 Å². The standard InChI is InChI=1S/C19H19N5O5/c1-19(27)15(26)13(9-25)29-18(19)24-8-11(5-6-12-4-2-3-7-20-12)14-16(23-28)21-10-22-17(14)24/h2-4,7-8,10,13,15,18,25-28H,9H2,1H3,(H,21,22,23)/t13-,15-,18-,19-/m1/s1. The Bertz CT molecular complexity index is 1090. The number of nitrogens with one attached hydrogen (secondary N) is 1. The van der Waals surface area contributed by atoms with E-state index in [-0.39, 0.29) is 5.82 Å². The molecule has 1 saturated heterocycles. The molecular formula is C19H19N5O5. The third-order valence-electron chi connectivity index (χ3n) is 4.89. The van der Waals surface area contributed by atoms with Gasteiger partial charge in [0.15, 0.2) is 12.0 Å². The monoisotopic (exact) mass is 397 g/mol. The van der Waals surface area contributed by atoms with Crippen molar-refractivity contribution in [3.05, 3.63) is 48.2 Å². The smallest absolute Gasteiger partial charge is 0.167 e. The van der Waals surface area contributed by atoms with Crippen LogP contribution in [0.15, 0.2) is 36.9 Å². The van der Waals surface area contributed by atoms with Gasteiger partial charge in [0.1, 0.15) is 35.5 Å². The number of hydrogen-bond acceptors (Lipinski definition) is 9. The number of aromatic nitrogens is 4. The molecule has 0 aliphatic carbocycles. The van der Waals surface area contributed by atoms with Crippen molar-refractivity contribution in [1.29, 1.82) is 0 Å². The van der Waals surface area contributed by atoms with Crippen LogP contribution in [0.3, 0.4) is 0 Å². The molecule has 10 heteroatoms. The second-order valence-corrected chi connectivity index (χ2v) is 6.83. The fraction of sp³-hybridized carbons (Fsp3) is 0.316. The van der Waals surface area contributed by atoms with Gasteiger partial charge in [-0.25, -0.2) is 15.0 Å². The molecule has 3 aromatic heterocycles. The highest BCUT2D eigenvalue weighted by Crippen LogP contribution is 2.40. The molecule has 4 atom stereocenters. The Kier molecular flexibility index (Phi) is 4.91. The zero-order valence-electron chi connectivity index (χ0n) is 15.4. The van der Waals surface area contributed by atoms with Crippen LogP contribution in [0.2, 0.25) is 0 Å². The van der Waals surface area contributed by atoms with Gasteiger partial charge in [0, 0.05) is 12.4 Å². The second kappa shape index (κ2) is 7.40. The molecule has 4 heterocycles. The molecule has 1 fully saturated rings. The lowest BCUT2D eigenvalue weighted by molar-refractivity contribution is -0.0948. The van der Waals surface area contributed by atoms with Gasteiger partial charge >= 0.3 is 0 Å². The van der Waals surface area contributed by atoms with Gasteiger partial charge in [-0.15, -0.1) is 0 Å². The van der Waals surface area contributed by atoms with E-state index in [2.05, 4.69) is 26.8 Å². The Morgan fingerprint density at radius 3 is 2.76 bits per heavy atom. The molecule has 29 heavy (non-hydrogen) atoms. The number of anilines is 1.